The molecule has 1 amide bonds. The summed E-state index contributed by atoms with van der Waals surface area (Å²) in [7, 11) is 0. The average Bonchev–Trinajstić information content (AvgIpc) is 2.84. The van der Waals surface area contributed by atoms with Crippen molar-refractivity contribution in [2.75, 3.05) is 37.7 Å². The zero-order chi connectivity index (χ0) is 23.4. The van der Waals surface area contributed by atoms with Crippen LogP contribution in [0.15, 0.2) is 42.7 Å². The molecule has 0 bridgehead atoms. The van der Waals surface area contributed by atoms with Gasteiger partial charge in [0.2, 0.25) is 0 Å². The molecule has 1 saturated heterocycles. The SMILES string of the molecule is O=C(NCC(C#[S+])c1cnc(C(F)(F)F)nc1)c1cccc2nc(N3CCOCC3)ccc12. The number of alkyl halides is 3. The molecule has 3 aromatic rings. The molecule has 0 saturated carbocycles. The van der Waals surface area contributed by atoms with Gasteiger partial charge >= 0.3 is 174 Å². The van der Waals surface area contributed by atoms with Gasteiger partial charge in [-0.05, 0) is 0 Å². The second-order valence-electron chi connectivity index (χ2n) is 7.36. The van der Waals surface area contributed by atoms with Crippen LogP contribution in [-0.2, 0) is 22.9 Å². The van der Waals surface area contributed by atoms with Gasteiger partial charge in [-0.1, -0.05) is 0 Å². The van der Waals surface area contributed by atoms with Gasteiger partial charge in [-0.15, -0.1) is 0 Å². The minimum atomic E-state index is -4.63. The summed E-state index contributed by atoms with van der Waals surface area (Å²) in [5.41, 5.74) is 1.44. The van der Waals surface area contributed by atoms with Gasteiger partial charge in [-0.25, -0.2) is 0 Å². The van der Waals surface area contributed by atoms with E-state index in [2.05, 4.69) is 30.4 Å². The van der Waals surface area contributed by atoms with Crippen molar-refractivity contribution < 1.29 is 22.7 Å². The van der Waals surface area contributed by atoms with Crippen LogP contribution in [-0.4, -0.2) is 53.7 Å². The van der Waals surface area contributed by atoms with E-state index in [-0.39, 0.29) is 12.5 Å². The molecule has 170 valence electrons. The van der Waals surface area contributed by atoms with Crippen LogP contribution in [0.3, 0.4) is 0 Å². The first-order valence-electron chi connectivity index (χ1n) is 10.1. The molecule has 4 rings (SSSR count). The Hall–Kier alpha value is -3.14. The fourth-order valence-electron chi connectivity index (χ4n) is 3.49. The second kappa shape index (κ2) is 9.78. The number of morpholine rings is 1. The molecule has 0 radical (unpaired) electrons. The summed E-state index contributed by atoms with van der Waals surface area (Å²) < 4.78 is 43.4. The Balaban J connectivity index is 1.48. The van der Waals surface area contributed by atoms with Gasteiger partial charge in [0.25, 0.3) is 0 Å². The summed E-state index contributed by atoms with van der Waals surface area (Å²) in [5, 5.41) is 5.99. The normalized spacial score (nSPS) is 15.2. The Morgan fingerprint density at radius 2 is 1.91 bits per heavy atom. The average molecular weight is 474 g/mol. The molecular formula is C22H19F3N5O2S+. The van der Waals surface area contributed by atoms with Crippen molar-refractivity contribution >= 4 is 34.7 Å². The molecule has 11 heteroatoms. The number of pyridine rings is 1. The quantitative estimate of drug-likeness (QED) is 0.573. The summed E-state index contributed by atoms with van der Waals surface area (Å²) >= 11 is 4.88. The number of carbonyl (C=O) groups excluding carboxylic acids is 1. The number of halogens is 3. The molecule has 1 atom stereocenters. The Bertz CT molecular complexity index is 1190. The van der Waals surface area contributed by atoms with Crippen molar-refractivity contribution in [3.63, 3.8) is 0 Å². The van der Waals surface area contributed by atoms with Crippen molar-refractivity contribution in [1.29, 1.82) is 0 Å². The first-order valence-corrected chi connectivity index (χ1v) is 10.5. The Morgan fingerprint density at radius 3 is 2.58 bits per heavy atom. The molecule has 1 fully saturated rings. The molecule has 0 spiro atoms. The molecule has 1 aliphatic rings. The van der Waals surface area contributed by atoms with Crippen LogP contribution in [0.2, 0.25) is 0 Å². The summed E-state index contributed by atoms with van der Waals surface area (Å²) in [6.07, 6.45) is -2.55. The van der Waals surface area contributed by atoms with Crippen LogP contribution >= 0.6 is 0 Å². The number of benzene rings is 1. The number of hydrogen-bond donors (Lipinski definition) is 1. The molecular weight excluding hydrogens is 455 g/mol. The number of nitrogens with one attached hydrogen (secondary N) is 1. The summed E-state index contributed by atoms with van der Waals surface area (Å²) in [6, 6.07) is 9.00. The van der Waals surface area contributed by atoms with E-state index in [1.54, 1.807) is 12.1 Å². The third kappa shape index (κ3) is 5.27. The van der Waals surface area contributed by atoms with Crippen LogP contribution in [0, 0.1) is 5.18 Å². The molecule has 7 nitrogen and oxygen atoms in total. The third-order valence-corrected chi connectivity index (χ3v) is 5.52. The molecule has 1 aliphatic heterocycles. The van der Waals surface area contributed by atoms with E-state index < -0.39 is 17.9 Å². The molecule has 1 unspecified atom stereocenters. The number of ether oxygens (including phenoxy) is 1. The number of fused-ring (bicyclic) bond motifs is 1. The van der Waals surface area contributed by atoms with E-state index >= 15 is 0 Å². The van der Waals surface area contributed by atoms with Crippen molar-refractivity contribution in [2.45, 2.75) is 12.1 Å². The van der Waals surface area contributed by atoms with Crippen molar-refractivity contribution in [2.24, 2.45) is 0 Å². The van der Waals surface area contributed by atoms with Crippen LogP contribution in [0.4, 0.5) is 19.0 Å². The van der Waals surface area contributed by atoms with Crippen LogP contribution in [0.1, 0.15) is 27.7 Å². The molecule has 1 aromatic carbocycles. The number of anilines is 1. The first-order chi connectivity index (χ1) is 15.9. The van der Waals surface area contributed by atoms with Gasteiger partial charge in [-0.3, -0.25) is 0 Å². The Labute approximate surface area is 192 Å². The van der Waals surface area contributed by atoms with Crippen LogP contribution in [0.25, 0.3) is 10.9 Å². The number of rotatable bonds is 5. The second-order valence-corrected chi connectivity index (χ2v) is 7.60. The van der Waals surface area contributed by atoms with Gasteiger partial charge in [0.05, 0.1) is 13.2 Å². The summed E-state index contributed by atoms with van der Waals surface area (Å²) in [6.45, 7) is 2.82. The fourth-order valence-corrected chi connectivity index (χ4v) is 3.71. The van der Waals surface area contributed by atoms with Crippen LogP contribution in [0.5, 0.6) is 0 Å². The van der Waals surface area contributed by atoms with E-state index in [0.717, 1.165) is 31.3 Å². The number of amides is 1. The maximum atomic E-state index is 12.9. The third-order valence-electron chi connectivity index (χ3n) is 5.23. The number of aromatic nitrogens is 3. The van der Waals surface area contributed by atoms with Crippen molar-refractivity contribution in [3.8, 4) is 5.18 Å². The molecule has 33 heavy (non-hydrogen) atoms. The predicted molar refractivity (Wildman–Crippen MR) is 118 cm³/mol. The van der Waals surface area contributed by atoms with Crippen LogP contribution < -0.4 is 10.2 Å². The fraction of sp³-hybridized carbons (Fsp3) is 0.318. The van der Waals surface area contributed by atoms with Gasteiger partial charge in [0, 0.05) is 0 Å². The van der Waals surface area contributed by atoms with E-state index in [4.69, 9.17) is 16.8 Å². The number of hydrogen-bond acceptors (Lipinski definition) is 6. The Kier molecular flexibility index (Phi) is 6.83. The standard InChI is InChI=1S/C22H18F3N5O2S/c23-22(24,25)21-27-10-14(11-28-21)15(13-33)12-26-20(31)17-2-1-3-18-16(17)4-5-19(29-18)30-6-8-32-9-7-30/h1-5,10-11,15H,6-9,12H2/p+1. The molecule has 0 aliphatic carbocycles. The monoisotopic (exact) mass is 474 g/mol. The van der Waals surface area contributed by atoms with Gasteiger partial charge in [0.15, 0.2) is 0 Å². The summed E-state index contributed by atoms with van der Waals surface area (Å²) in [5.74, 6) is -1.42. The zero-order valence-corrected chi connectivity index (χ0v) is 18.1. The van der Waals surface area contributed by atoms with E-state index in [1.165, 1.54) is 0 Å². The molecule has 3 heterocycles. The zero-order valence-electron chi connectivity index (χ0n) is 17.3. The number of carbonyl (C=O) groups is 1. The summed E-state index contributed by atoms with van der Waals surface area (Å²) in [4.78, 5) is 26.4. The van der Waals surface area contributed by atoms with Gasteiger partial charge in [-0.2, -0.15) is 0 Å². The van der Waals surface area contributed by atoms with Gasteiger partial charge in [0.1, 0.15) is 0 Å². The maximum absolute atomic E-state index is 12.9. The van der Waals surface area contributed by atoms with Crippen molar-refractivity contribution in [3.05, 3.63) is 59.7 Å². The predicted octanol–water partition coefficient (Wildman–Crippen LogP) is 2.90. The Morgan fingerprint density at radius 1 is 1.18 bits per heavy atom. The van der Waals surface area contributed by atoms with Crippen molar-refractivity contribution in [1.82, 2.24) is 20.3 Å². The van der Waals surface area contributed by atoms with E-state index in [0.29, 0.717) is 35.2 Å². The molecule has 1 N–H and O–H groups in total. The molecule has 2 aromatic heterocycles. The minimum absolute atomic E-state index is 0.0345. The van der Waals surface area contributed by atoms with E-state index in [1.807, 2.05) is 18.2 Å². The topological polar surface area (TPSA) is 80.2 Å². The first kappa shape index (κ1) is 23.0. The van der Waals surface area contributed by atoms with E-state index in [9.17, 15) is 18.0 Å². The van der Waals surface area contributed by atoms with Gasteiger partial charge < -0.3 is 4.74 Å². The number of nitrogens with zero attached hydrogens (tertiary/aromatic N) is 4.